The van der Waals surface area contributed by atoms with E-state index < -0.39 is 0 Å². The second-order valence-corrected chi connectivity index (χ2v) is 5.25. The topological polar surface area (TPSA) is 47.6 Å². The third kappa shape index (κ3) is 2.70. The zero-order chi connectivity index (χ0) is 14.8. The van der Waals surface area contributed by atoms with Crippen LogP contribution in [0.15, 0.2) is 42.5 Å². The molecule has 3 rings (SSSR count). The van der Waals surface area contributed by atoms with Gasteiger partial charge >= 0.3 is 0 Å². The summed E-state index contributed by atoms with van der Waals surface area (Å²) in [5.74, 6) is 1.25. The molecule has 2 aromatic carbocycles. The van der Waals surface area contributed by atoms with Crippen LogP contribution >= 0.6 is 0 Å². The molecule has 2 aromatic rings. The molecule has 0 aromatic heterocycles. The van der Waals surface area contributed by atoms with E-state index >= 15 is 0 Å². The molecule has 0 unspecified atom stereocenters. The lowest BCUT2D eigenvalue weighted by Crippen LogP contribution is -2.14. The van der Waals surface area contributed by atoms with E-state index in [0.29, 0.717) is 22.6 Å². The van der Waals surface area contributed by atoms with Gasteiger partial charge in [0.05, 0.1) is 0 Å². The molecule has 0 radical (unpaired) electrons. The van der Waals surface area contributed by atoms with Gasteiger partial charge in [0.15, 0.2) is 17.3 Å². The third-order valence-corrected chi connectivity index (χ3v) is 3.24. The Morgan fingerprint density at radius 1 is 1.10 bits per heavy atom. The highest BCUT2D eigenvalue weighted by Gasteiger charge is 2.22. The summed E-state index contributed by atoms with van der Waals surface area (Å²) in [6, 6.07) is 13.0. The smallest absolute Gasteiger partial charge is 0.231 e. The molecule has 0 saturated carbocycles. The molecule has 1 aliphatic heterocycles. The Morgan fingerprint density at radius 2 is 1.76 bits per heavy atom. The summed E-state index contributed by atoms with van der Waals surface area (Å²) in [7, 11) is 0. The Bertz CT molecular complexity index is 665. The van der Waals surface area contributed by atoms with Crippen molar-refractivity contribution in [1.29, 1.82) is 0 Å². The fourth-order valence-corrected chi connectivity index (χ4v) is 2.31. The number of rotatable bonds is 4. The summed E-state index contributed by atoms with van der Waals surface area (Å²) >= 11 is 0. The van der Waals surface area contributed by atoms with Crippen molar-refractivity contribution in [3.8, 4) is 11.5 Å². The quantitative estimate of drug-likeness (QED) is 0.873. The van der Waals surface area contributed by atoms with Gasteiger partial charge in [-0.05, 0) is 19.9 Å². The summed E-state index contributed by atoms with van der Waals surface area (Å²) in [5.41, 5.74) is 2.02. The molecule has 0 atom stereocenters. The van der Waals surface area contributed by atoms with Crippen LogP contribution in [0.3, 0.4) is 0 Å². The maximum atomic E-state index is 12.7. The Kier molecular flexibility index (Phi) is 3.52. The molecule has 4 heteroatoms. The van der Waals surface area contributed by atoms with Gasteiger partial charge < -0.3 is 14.8 Å². The lowest BCUT2D eigenvalue weighted by Gasteiger charge is -2.15. The van der Waals surface area contributed by atoms with Crippen molar-refractivity contribution in [2.75, 3.05) is 12.1 Å². The number of hydrogen-bond donors (Lipinski definition) is 1. The number of ether oxygens (including phenoxy) is 2. The van der Waals surface area contributed by atoms with E-state index in [1.807, 2.05) is 50.2 Å². The average Bonchev–Trinajstić information content (AvgIpc) is 2.93. The van der Waals surface area contributed by atoms with Crippen molar-refractivity contribution in [3.05, 3.63) is 53.6 Å². The Balaban J connectivity index is 2.05. The number of benzene rings is 2. The van der Waals surface area contributed by atoms with E-state index in [4.69, 9.17) is 9.47 Å². The maximum absolute atomic E-state index is 12.7. The standard InChI is InChI=1S/C17H17NO3/c1-11(2)18-14-9-16-15(20-10-21-16)8-13(14)17(19)12-6-4-3-5-7-12/h3-9,11,18H,10H2,1-2H3. The summed E-state index contributed by atoms with van der Waals surface area (Å²) in [6.45, 7) is 4.25. The monoisotopic (exact) mass is 283 g/mol. The van der Waals surface area contributed by atoms with Gasteiger partial charge in [-0.2, -0.15) is 0 Å². The Labute approximate surface area is 123 Å². The molecule has 4 nitrogen and oxygen atoms in total. The molecule has 0 bridgehead atoms. The van der Waals surface area contributed by atoms with E-state index in [9.17, 15) is 4.79 Å². The van der Waals surface area contributed by atoms with Crippen molar-refractivity contribution in [1.82, 2.24) is 0 Å². The van der Waals surface area contributed by atoms with Crippen molar-refractivity contribution >= 4 is 11.5 Å². The second-order valence-electron chi connectivity index (χ2n) is 5.25. The van der Waals surface area contributed by atoms with Crippen LogP contribution < -0.4 is 14.8 Å². The largest absolute Gasteiger partial charge is 0.454 e. The summed E-state index contributed by atoms with van der Waals surface area (Å²) in [4.78, 5) is 12.7. The van der Waals surface area contributed by atoms with Crippen molar-refractivity contribution in [2.24, 2.45) is 0 Å². The van der Waals surface area contributed by atoms with Gasteiger partial charge in [-0.1, -0.05) is 30.3 Å². The molecule has 1 aliphatic rings. The number of fused-ring (bicyclic) bond motifs is 1. The van der Waals surface area contributed by atoms with Crippen LogP contribution in [0, 0.1) is 0 Å². The van der Waals surface area contributed by atoms with Gasteiger partial charge in [0.1, 0.15) is 0 Å². The van der Waals surface area contributed by atoms with Crippen LogP contribution in [0.1, 0.15) is 29.8 Å². The Morgan fingerprint density at radius 3 is 2.43 bits per heavy atom. The van der Waals surface area contributed by atoms with E-state index in [1.165, 1.54) is 0 Å². The van der Waals surface area contributed by atoms with Crippen LogP contribution in [0.2, 0.25) is 0 Å². The second kappa shape index (κ2) is 5.48. The molecular formula is C17H17NO3. The molecule has 21 heavy (non-hydrogen) atoms. The third-order valence-electron chi connectivity index (χ3n) is 3.24. The van der Waals surface area contributed by atoms with Crippen LogP contribution in [0.4, 0.5) is 5.69 Å². The number of nitrogens with one attached hydrogen (secondary N) is 1. The first-order chi connectivity index (χ1) is 10.1. The van der Waals surface area contributed by atoms with Crippen molar-refractivity contribution in [2.45, 2.75) is 19.9 Å². The SMILES string of the molecule is CC(C)Nc1cc2c(cc1C(=O)c1ccccc1)OCO2. The molecule has 1 heterocycles. The lowest BCUT2D eigenvalue weighted by molar-refractivity contribution is 0.103. The van der Waals surface area contributed by atoms with Gasteiger partial charge in [0.2, 0.25) is 6.79 Å². The summed E-state index contributed by atoms with van der Waals surface area (Å²) < 4.78 is 10.8. The zero-order valence-corrected chi connectivity index (χ0v) is 12.1. The average molecular weight is 283 g/mol. The molecule has 0 amide bonds. The van der Waals surface area contributed by atoms with Crippen LogP contribution in [-0.4, -0.2) is 18.6 Å². The minimum absolute atomic E-state index is 0.0305. The predicted octanol–water partition coefficient (Wildman–Crippen LogP) is 3.47. The highest BCUT2D eigenvalue weighted by molar-refractivity contribution is 6.12. The molecule has 0 fully saturated rings. The van der Waals surface area contributed by atoms with Gasteiger partial charge in [-0.25, -0.2) is 0 Å². The summed E-state index contributed by atoms with van der Waals surface area (Å²) in [5, 5.41) is 3.30. The normalized spacial score (nSPS) is 12.5. The highest BCUT2D eigenvalue weighted by Crippen LogP contribution is 2.38. The number of ketones is 1. The van der Waals surface area contributed by atoms with Gasteiger partial charge in [-0.3, -0.25) is 4.79 Å². The highest BCUT2D eigenvalue weighted by atomic mass is 16.7. The number of carbonyl (C=O) groups is 1. The van der Waals surface area contributed by atoms with E-state index in [0.717, 1.165) is 5.69 Å². The lowest BCUT2D eigenvalue weighted by atomic mass is 10.0. The molecule has 1 N–H and O–H groups in total. The predicted molar refractivity (Wildman–Crippen MR) is 81.2 cm³/mol. The molecular weight excluding hydrogens is 266 g/mol. The van der Waals surface area contributed by atoms with Crippen LogP contribution in [0.25, 0.3) is 0 Å². The molecule has 0 saturated heterocycles. The van der Waals surface area contributed by atoms with Gasteiger partial charge in [0, 0.05) is 28.9 Å². The minimum Gasteiger partial charge on any atom is -0.454 e. The van der Waals surface area contributed by atoms with Crippen molar-refractivity contribution < 1.29 is 14.3 Å². The zero-order valence-electron chi connectivity index (χ0n) is 12.1. The fourth-order valence-electron chi connectivity index (χ4n) is 2.31. The first-order valence-corrected chi connectivity index (χ1v) is 6.95. The number of anilines is 1. The Hall–Kier alpha value is -2.49. The van der Waals surface area contributed by atoms with E-state index in [-0.39, 0.29) is 18.6 Å². The minimum atomic E-state index is -0.0305. The van der Waals surface area contributed by atoms with Crippen LogP contribution in [-0.2, 0) is 0 Å². The molecule has 0 aliphatic carbocycles. The van der Waals surface area contributed by atoms with Gasteiger partial charge in [-0.15, -0.1) is 0 Å². The van der Waals surface area contributed by atoms with Crippen LogP contribution in [0.5, 0.6) is 11.5 Å². The maximum Gasteiger partial charge on any atom is 0.231 e. The number of carbonyl (C=O) groups excluding carboxylic acids is 1. The molecule has 0 spiro atoms. The number of hydrogen-bond acceptors (Lipinski definition) is 4. The first kappa shape index (κ1) is 13.5. The van der Waals surface area contributed by atoms with E-state index in [2.05, 4.69) is 5.32 Å². The van der Waals surface area contributed by atoms with Gasteiger partial charge in [0.25, 0.3) is 0 Å². The molecule has 108 valence electrons. The van der Waals surface area contributed by atoms with Crippen molar-refractivity contribution in [3.63, 3.8) is 0 Å². The summed E-state index contributed by atoms with van der Waals surface area (Å²) in [6.07, 6.45) is 0. The van der Waals surface area contributed by atoms with E-state index in [1.54, 1.807) is 6.07 Å². The fraction of sp³-hybridized carbons (Fsp3) is 0.235. The first-order valence-electron chi connectivity index (χ1n) is 6.95.